The van der Waals surface area contributed by atoms with E-state index in [1.54, 1.807) is 17.0 Å². The first-order valence-electron chi connectivity index (χ1n) is 8.98. The van der Waals surface area contributed by atoms with Crippen molar-refractivity contribution in [2.75, 3.05) is 32.8 Å². The lowest BCUT2D eigenvalue weighted by molar-refractivity contribution is -0.155. The van der Waals surface area contributed by atoms with Gasteiger partial charge in [-0.3, -0.25) is 24.1 Å². The van der Waals surface area contributed by atoms with E-state index in [1.165, 1.54) is 30.9 Å². The van der Waals surface area contributed by atoms with Gasteiger partial charge in [-0.15, -0.1) is 0 Å². The Hall–Kier alpha value is -3.23. The first-order valence-corrected chi connectivity index (χ1v) is 8.98. The Kier molecular flexibility index (Phi) is 5.43. The van der Waals surface area contributed by atoms with E-state index >= 15 is 0 Å². The molecule has 1 saturated heterocycles. The third-order valence-electron chi connectivity index (χ3n) is 4.97. The molecule has 2 heterocycles. The van der Waals surface area contributed by atoms with E-state index in [9.17, 15) is 24.0 Å². The summed E-state index contributed by atoms with van der Waals surface area (Å²) >= 11 is 0. The quantitative estimate of drug-likeness (QED) is 0.528. The van der Waals surface area contributed by atoms with Crippen LogP contribution < -0.4 is 0 Å². The summed E-state index contributed by atoms with van der Waals surface area (Å²) in [7, 11) is 0. The molecule has 9 heteroatoms. The summed E-state index contributed by atoms with van der Waals surface area (Å²) in [5.41, 5.74) is 0.484. The zero-order valence-corrected chi connectivity index (χ0v) is 15.7. The highest BCUT2D eigenvalue weighted by atomic mass is 16.5. The zero-order chi connectivity index (χ0) is 20.4. The number of amides is 4. The maximum absolute atomic E-state index is 12.4. The number of piperazine rings is 1. The van der Waals surface area contributed by atoms with Crippen LogP contribution in [0.15, 0.2) is 24.3 Å². The monoisotopic (exact) mass is 387 g/mol. The lowest BCUT2D eigenvalue weighted by atomic mass is 10.1. The maximum Gasteiger partial charge on any atom is 0.329 e. The lowest BCUT2D eigenvalue weighted by Crippen LogP contribution is -2.51. The molecule has 9 nitrogen and oxygen atoms in total. The van der Waals surface area contributed by atoms with E-state index in [0.717, 1.165) is 4.90 Å². The molecule has 0 radical (unpaired) electrons. The van der Waals surface area contributed by atoms with Crippen molar-refractivity contribution < 1.29 is 28.7 Å². The highest BCUT2D eigenvalue weighted by Crippen LogP contribution is 2.24. The van der Waals surface area contributed by atoms with Gasteiger partial charge in [-0.1, -0.05) is 12.1 Å². The van der Waals surface area contributed by atoms with E-state index in [2.05, 4.69) is 0 Å². The molecule has 0 aromatic heterocycles. The van der Waals surface area contributed by atoms with Crippen LogP contribution in [0.25, 0.3) is 0 Å². The van der Waals surface area contributed by atoms with Gasteiger partial charge in [0.25, 0.3) is 17.7 Å². The number of hydrogen-bond donors (Lipinski definition) is 0. The van der Waals surface area contributed by atoms with E-state index < -0.39 is 30.4 Å². The molecular weight excluding hydrogens is 366 g/mol. The smallest absolute Gasteiger partial charge is 0.329 e. The second kappa shape index (κ2) is 7.79. The molecule has 2 aliphatic rings. The van der Waals surface area contributed by atoms with Gasteiger partial charge in [0.15, 0.2) is 6.61 Å². The van der Waals surface area contributed by atoms with Crippen molar-refractivity contribution >= 4 is 29.6 Å². The maximum atomic E-state index is 12.4. The average Bonchev–Trinajstić information content (AvgIpc) is 2.96. The molecule has 28 heavy (non-hydrogen) atoms. The summed E-state index contributed by atoms with van der Waals surface area (Å²) < 4.78 is 5.04. The summed E-state index contributed by atoms with van der Waals surface area (Å²) in [6.45, 7) is 3.97. The largest absolute Gasteiger partial charge is 0.454 e. The molecule has 0 saturated carbocycles. The number of carbonyl (C=O) groups excluding carboxylic acids is 5. The fourth-order valence-corrected chi connectivity index (χ4v) is 3.28. The number of fused-ring (bicyclic) bond motifs is 1. The minimum Gasteiger partial charge on any atom is -0.454 e. The first kappa shape index (κ1) is 19.5. The fourth-order valence-electron chi connectivity index (χ4n) is 3.28. The normalized spacial score (nSPS) is 17.4. The minimum atomic E-state index is -1.14. The Balaban J connectivity index is 1.54. The van der Waals surface area contributed by atoms with Gasteiger partial charge in [0, 0.05) is 33.1 Å². The Bertz CT molecular complexity index is 809. The molecule has 0 bridgehead atoms. The highest BCUT2D eigenvalue weighted by molar-refractivity contribution is 6.22. The van der Waals surface area contributed by atoms with Crippen LogP contribution in [0.5, 0.6) is 0 Å². The Morgan fingerprint density at radius 1 is 0.964 bits per heavy atom. The van der Waals surface area contributed by atoms with Gasteiger partial charge in [0.1, 0.15) is 6.04 Å². The SMILES string of the molecule is CC(=O)N1CCN(C(=O)COC(=O)[C@@H](C)N2C(=O)c3ccccc3C2=O)CC1. The molecule has 0 unspecified atom stereocenters. The van der Waals surface area contributed by atoms with Crippen LogP contribution in [0.4, 0.5) is 0 Å². The molecule has 4 amide bonds. The Labute approximate surface area is 161 Å². The predicted octanol–water partition coefficient (Wildman–Crippen LogP) is -0.0950. The highest BCUT2D eigenvalue weighted by Gasteiger charge is 2.41. The van der Waals surface area contributed by atoms with Crippen LogP contribution in [0, 0.1) is 0 Å². The topological polar surface area (TPSA) is 104 Å². The number of esters is 1. The first-order chi connectivity index (χ1) is 13.3. The van der Waals surface area contributed by atoms with Crippen LogP contribution in [0.2, 0.25) is 0 Å². The number of ether oxygens (including phenoxy) is 1. The van der Waals surface area contributed by atoms with Gasteiger partial charge in [0.2, 0.25) is 5.91 Å². The summed E-state index contributed by atoms with van der Waals surface area (Å²) in [6, 6.07) is 5.19. The van der Waals surface area contributed by atoms with Crippen molar-refractivity contribution in [2.24, 2.45) is 0 Å². The molecule has 1 aromatic carbocycles. The molecule has 0 aliphatic carbocycles. The van der Waals surface area contributed by atoms with Gasteiger partial charge >= 0.3 is 5.97 Å². The summed E-state index contributed by atoms with van der Waals surface area (Å²) in [4.78, 5) is 64.7. The number of rotatable bonds is 4. The van der Waals surface area contributed by atoms with E-state index in [0.29, 0.717) is 26.2 Å². The van der Waals surface area contributed by atoms with Crippen LogP contribution in [0.3, 0.4) is 0 Å². The van der Waals surface area contributed by atoms with Crippen molar-refractivity contribution in [2.45, 2.75) is 19.9 Å². The van der Waals surface area contributed by atoms with Crippen molar-refractivity contribution in [3.63, 3.8) is 0 Å². The average molecular weight is 387 g/mol. The molecule has 2 aliphatic heterocycles. The third kappa shape index (κ3) is 3.60. The van der Waals surface area contributed by atoms with Crippen molar-refractivity contribution in [3.05, 3.63) is 35.4 Å². The van der Waals surface area contributed by atoms with Crippen LogP contribution in [-0.2, 0) is 19.1 Å². The molecular formula is C19H21N3O6. The fraction of sp³-hybridized carbons (Fsp3) is 0.421. The number of benzene rings is 1. The van der Waals surface area contributed by atoms with E-state index in [4.69, 9.17) is 4.74 Å². The van der Waals surface area contributed by atoms with Gasteiger partial charge in [-0.05, 0) is 19.1 Å². The van der Waals surface area contributed by atoms with Crippen molar-refractivity contribution in [3.8, 4) is 0 Å². The molecule has 1 fully saturated rings. The molecule has 1 aromatic rings. The minimum absolute atomic E-state index is 0.0479. The van der Waals surface area contributed by atoms with Gasteiger partial charge in [-0.25, -0.2) is 4.79 Å². The number of imide groups is 1. The lowest BCUT2D eigenvalue weighted by Gasteiger charge is -2.34. The Morgan fingerprint density at radius 3 is 1.96 bits per heavy atom. The van der Waals surface area contributed by atoms with Crippen molar-refractivity contribution in [1.82, 2.24) is 14.7 Å². The summed E-state index contributed by atoms with van der Waals surface area (Å²) in [5, 5.41) is 0. The molecule has 3 rings (SSSR count). The second-order valence-corrected chi connectivity index (χ2v) is 6.70. The van der Waals surface area contributed by atoms with Gasteiger partial charge in [0.05, 0.1) is 11.1 Å². The standard InChI is InChI=1S/C19H21N3O6/c1-12(22-17(25)14-5-3-4-6-15(14)18(22)26)19(27)28-11-16(24)21-9-7-20(8-10-21)13(2)23/h3-6,12H,7-11H2,1-2H3/t12-/m1/s1. The van der Waals surface area contributed by atoms with Gasteiger partial charge < -0.3 is 14.5 Å². The van der Waals surface area contributed by atoms with E-state index in [1.807, 2.05) is 0 Å². The van der Waals surface area contributed by atoms with Crippen LogP contribution in [-0.4, -0.2) is 83.1 Å². The van der Waals surface area contributed by atoms with Gasteiger partial charge in [-0.2, -0.15) is 0 Å². The second-order valence-electron chi connectivity index (χ2n) is 6.70. The number of nitrogens with zero attached hydrogens (tertiary/aromatic N) is 3. The zero-order valence-electron chi connectivity index (χ0n) is 15.7. The molecule has 0 spiro atoms. The third-order valence-corrected chi connectivity index (χ3v) is 4.97. The Morgan fingerprint density at radius 2 is 1.46 bits per heavy atom. The van der Waals surface area contributed by atoms with Crippen LogP contribution >= 0.6 is 0 Å². The predicted molar refractivity (Wildman–Crippen MR) is 96.2 cm³/mol. The van der Waals surface area contributed by atoms with Crippen molar-refractivity contribution in [1.29, 1.82) is 0 Å². The number of hydrogen-bond acceptors (Lipinski definition) is 6. The van der Waals surface area contributed by atoms with E-state index in [-0.39, 0.29) is 22.9 Å². The number of carbonyl (C=O) groups is 5. The molecule has 1 atom stereocenters. The summed E-state index contributed by atoms with van der Waals surface area (Å²) in [6.07, 6.45) is 0. The molecule has 148 valence electrons. The van der Waals surface area contributed by atoms with Crippen LogP contribution in [0.1, 0.15) is 34.6 Å². The molecule has 0 N–H and O–H groups in total. The summed E-state index contributed by atoms with van der Waals surface area (Å²) in [5.74, 6) is -2.38.